The Labute approximate surface area is 58.8 Å². The predicted molar refractivity (Wildman–Crippen MR) is 32.9 cm³/mol. The van der Waals surface area contributed by atoms with Gasteiger partial charge in [0, 0.05) is 17.8 Å². The summed E-state index contributed by atoms with van der Waals surface area (Å²) >= 11 is 0. The van der Waals surface area contributed by atoms with Gasteiger partial charge in [0.2, 0.25) is 0 Å². The van der Waals surface area contributed by atoms with Gasteiger partial charge in [-0.05, 0) is 23.2 Å². The summed E-state index contributed by atoms with van der Waals surface area (Å²) in [5.41, 5.74) is -0.0162. The highest BCUT2D eigenvalue weighted by Gasteiger charge is 3.10. The van der Waals surface area contributed by atoms with Gasteiger partial charge in [-0.2, -0.15) is 0 Å². The number of hydrogen-bond acceptors (Lipinski definition) is 0. The number of hydrogen-bond donors (Lipinski definition) is 0. The second kappa shape index (κ2) is 0.627. The fourth-order valence-electron chi connectivity index (χ4n) is 6.08. The van der Waals surface area contributed by atoms with Crippen molar-refractivity contribution < 1.29 is 4.39 Å². The first-order chi connectivity index (χ1) is 4.73. The van der Waals surface area contributed by atoms with Gasteiger partial charge in [0.1, 0.15) is 5.67 Å². The van der Waals surface area contributed by atoms with Crippen molar-refractivity contribution in [1.82, 2.24) is 0 Å². The number of alkyl halides is 1. The molecule has 52 valence electrons. The zero-order chi connectivity index (χ0) is 6.46. The predicted octanol–water partition coefficient (Wildman–Crippen LogP) is 1.47. The molecule has 0 aromatic rings. The first-order valence-corrected chi connectivity index (χ1v) is 4.42. The molecule has 0 heterocycles. The van der Waals surface area contributed by atoms with Crippen LogP contribution in [0.5, 0.6) is 0 Å². The van der Waals surface area contributed by atoms with E-state index in [2.05, 4.69) is 6.92 Å². The summed E-state index contributed by atoms with van der Waals surface area (Å²) in [6.45, 7) is 2.33. The first kappa shape index (κ1) is 4.08. The summed E-state index contributed by atoms with van der Waals surface area (Å²) < 4.78 is 13.7. The van der Waals surface area contributed by atoms with Crippen LogP contribution in [0.25, 0.3) is 0 Å². The average molecular weight is 136 g/mol. The van der Waals surface area contributed by atoms with Crippen LogP contribution in [0.2, 0.25) is 0 Å². The Balaban J connectivity index is 1.89. The van der Waals surface area contributed by atoms with Gasteiger partial charge in [-0.3, -0.25) is 0 Å². The molecule has 10 heavy (non-hydrogen) atoms. The molecule has 4 atom stereocenters. The molecule has 0 aliphatic heterocycles. The Morgan fingerprint density at radius 1 is 1.10 bits per heavy atom. The monoisotopic (exact) mass is 136 g/mol. The SMILES string of the molecule is CC12C3C4C5C3C1C5(F)C42. The van der Waals surface area contributed by atoms with Crippen LogP contribution in [-0.2, 0) is 0 Å². The Bertz CT molecular complexity index is 249. The zero-order valence-corrected chi connectivity index (χ0v) is 5.84. The molecule has 6 saturated carbocycles. The van der Waals surface area contributed by atoms with Crippen LogP contribution in [0.15, 0.2) is 0 Å². The molecular weight excluding hydrogens is 127 g/mol. The Morgan fingerprint density at radius 3 is 2.00 bits per heavy atom. The van der Waals surface area contributed by atoms with E-state index in [-0.39, 0.29) is 0 Å². The maximum atomic E-state index is 13.7. The van der Waals surface area contributed by atoms with Crippen molar-refractivity contribution in [2.45, 2.75) is 12.6 Å². The van der Waals surface area contributed by atoms with Crippen molar-refractivity contribution in [2.24, 2.45) is 40.9 Å². The molecular formula is C9H9F. The fourth-order valence-corrected chi connectivity index (χ4v) is 6.08. The lowest BCUT2D eigenvalue weighted by molar-refractivity contribution is -0.644. The van der Waals surface area contributed by atoms with Crippen LogP contribution < -0.4 is 0 Å². The Kier molecular flexibility index (Phi) is 0.256. The smallest absolute Gasteiger partial charge is 0.121 e. The minimum absolute atomic E-state index is 0.554. The van der Waals surface area contributed by atoms with E-state index in [4.69, 9.17) is 0 Å². The molecule has 0 saturated heterocycles. The summed E-state index contributed by atoms with van der Waals surface area (Å²) in [7, 11) is 0. The maximum absolute atomic E-state index is 13.7. The minimum Gasteiger partial charge on any atom is -0.243 e. The van der Waals surface area contributed by atoms with Gasteiger partial charge in [-0.25, -0.2) is 4.39 Å². The quantitative estimate of drug-likeness (QED) is 0.473. The van der Waals surface area contributed by atoms with Crippen LogP contribution in [0.3, 0.4) is 0 Å². The maximum Gasteiger partial charge on any atom is 0.121 e. The second-order valence-corrected chi connectivity index (χ2v) is 5.35. The Hall–Kier alpha value is -0.0700. The molecule has 0 radical (unpaired) electrons. The third-order valence-electron chi connectivity index (χ3n) is 5.95. The molecule has 1 heteroatoms. The topological polar surface area (TPSA) is 0 Å². The van der Waals surface area contributed by atoms with E-state index in [9.17, 15) is 4.39 Å². The van der Waals surface area contributed by atoms with Gasteiger partial charge < -0.3 is 0 Å². The molecule has 0 bridgehead atoms. The van der Waals surface area contributed by atoms with E-state index in [0.717, 1.165) is 17.8 Å². The molecule has 6 aliphatic rings. The van der Waals surface area contributed by atoms with Crippen molar-refractivity contribution in [1.29, 1.82) is 0 Å². The molecule has 0 aromatic carbocycles. The van der Waals surface area contributed by atoms with Gasteiger partial charge in [0.05, 0.1) is 0 Å². The van der Waals surface area contributed by atoms with Crippen molar-refractivity contribution in [3.63, 3.8) is 0 Å². The highest BCUT2D eigenvalue weighted by molar-refractivity contribution is 5.56. The van der Waals surface area contributed by atoms with Crippen LogP contribution >= 0.6 is 0 Å². The van der Waals surface area contributed by atoms with Gasteiger partial charge in [-0.1, -0.05) is 6.92 Å². The molecule has 0 aromatic heterocycles. The molecule has 6 rings (SSSR count). The van der Waals surface area contributed by atoms with Gasteiger partial charge in [0.25, 0.3) is 0 Å². The van der Waals surface area contributed by atoms with E-state index >= 15 is 0 Å². The highest BCUT2D eigenvalue weighted by Crippen LogP contribution is 3.07. The zero-order valence-electron chi connectivity index (χ0n) is 5.84. The van der Waals surface area contributed by atoms with Gasteiger partial charge in [0.15, 0.2) is 0 Å². The van der Waals surface area contributed by atoms with E-state index in [0.29, 0.717) is 23.2 Å². The number of rotatable bonds is 0. The normalized spacial score (nSPS) is 104. The summed E-state index contributed by atoms with van der Waals surface area (Å²) in [6.07, 6.45) is 0. The fraction of sp³-hybridized carbons (Fsp3) is 1.00. The van der Waals surface area contributed by atoms with Gasteiger partial charge >= 0.3 is 0 Å². The molecule has 0 nitrogen and oxygen atoms in total. The van der Waals surface area contributed by atoms with Crippen molar-refractivity contribution in [3.05, 3.63) is 0 Å². The molecule has 6 fully saturated rings. The summed E-state index contributed by atoms with van der Waals surface area (Å²) in [4.78, 5) is 0. The molecule has 0 N–H and O–H groups in total. The van der Waals surface area contributed by atoms with Crippen LogP contribution in [-0.4, -0.2) is 5.67 Å². The number of halogens is 1. The largest absolute Gasteiger partial charge is 0.243 e. The van der Waals surface area contributed by atoms with Crippen molar-refractivity contribution >= 4 is 0 Å². The summed E-state index contributed by atoms with van der Waals surface area (Å²) in [5, 5.41) is 0. The lowest BCUT2D eigenvalue weighted by Gasteiger charge is -3.08. The first-order valence-electron chi connectivity index (χ1n) is 4.42. The van der Waals surface area contributed by atoms with E-state index < -0.39 is 5.67 Å². The average Bonchev–Trinajstić information content (AvgIpc) is 1.86. The minimum atomic E-state index is -0.571. The highest BCUT2D eigenvalue weighted by atomic mass is 19.1. The lowest BCUT2D eigenvalue weighted by Crippen LogP contribution is -3.11. The van der Waals surface area contributed by atoms with Crippen molar-refractivity contribution in [3.8, 4) is 0 Å². The van der Waals surface area contributed by atoms with Gasteiger partial charge in [-0.15, -0.1) is 0 Å². The van der Waals surface area contributed by atoms with Crippen molar-refractivity contribution in [2.75, 3.05) is 0 Å². The van der Waals surface area contributed by atoms with E-state index in [1.165, 1.54) is 0 Å². The van der Waals surface area contributed by atoms with E-state index in [1.807, 2.05) is 0 Å². The molecule has 0 amide bonds. The molecule has 0 spiro atoms. The Morgan fingerprint density at radius 2 is 1.70 bits per heavy atom. The van der Waals surface area contributed by atoms with Crippen LogP contribution in [0, 0.1) is 40.9 Å². The van der Waals surface area contributed by atoms with Crippen LogP contribution in [0.1, 0.15) is 6.92 Å². The third-order valence-corrected chi connectivity index (χ3v) is 5.95. The standard InChI is InChI=1S/C9H9F/c1-8-4-2-5-3(4)7(8)9(5,10)6(2)8/h2-7H,1H3. The van der Waals surface area contributed by atoms with E-state index in [1.54, 1.807) is 0 Å². The lowest BCUT2D eigenvalue weighted by atomic mass is 8.96. The second-order valence-electron chi connectivity index (χ2n) is 5.35. The molecule has 4 unspecified atom stereocenters. The third kappa shape index (κ3) is 0.106. The van der Waals surface area contributed by atoms with Crippen LogP contribution in [0.4, 0.5) is 4.39 Å². The summed E-state index contributed by atoms with van der Waals surface area (Å²) in [5.74, 6) is 4.52. The molecule has 6 aliphatic carbocycles. The summed E-state index contributed by atoms with van der Waals surface area (Å²) in [6, 6.07) is 0.